The fraction of sp³-hybridized carbons (Fsp3) is 0.692. The topological polar surface area (TPSA) is 68.5 Å². The highest BCUT2D eigenvalue weighted by atomic mass is 15.4. The molecule has 2 aromatic rings. The van der Waals surface area contributed by atoms with Crippen LogP contribution in [0.25, 0.3) is 11.2 Å². The van der Waals surface area contributed by atoms with E-state index in [0.29, 0.717) is 6.04 Å². The van der Waals surface area contributed by atoms with E-state index in [1.807, 2.05) is 7.05 Å². The zero-order valence-corrected chi connectivity index (χ0v) is 11.5. The minimum absolute atomic E-state index is 0.499. The summed E-state index contributed by atoms with van der Waals surface area (Å²) in [5, 5.41) is 11.7. The van der Waals surface area contributed by atoms with E-state index < -0.39 is 0 Å². The van der Waals surface area contributed by atoms with Crippen LogP contribution in [0.1, 0.15) is 39.0 Å². The maximum atomic E-state index is 4.35. The summed E-state index contributed by atoms with van der Waals surface area (Å²) in [4.78, 5) is 8.57. The van der Waals surface area contributed by atoms with Gasteiger partial charge in [-0.05, 0) is 25.2 Å². The molecule has 0 amide bonds. The summed E-state index contributed by atoms with van der Waals surface area (Å²) >= 11 is 0. The van der Waals surface area contributed by atoms with Gasteiger partial charge in [-0.2, -0.15) is 0 Å². The van der Waals surface area contributed by atoms with Crippen LogP contribution in [-0.2, 0) is 7.05 Å². The van der Waals surface area contributed by atoms with Crippen molar-refractivity contribution in [2.75, 3.05) is 5.32 Å². The van der Waals surface area contributed by atoms with E-state index >= 15 is 0 Å². The Bertz CT molecular complexity index is 559. The first-order valence-electron chi connectivity index (χ1n) is 7.06. The standard InChI is InChI=1S/C13H20N6/c1-3-5-10(9-6-4-7-9)16-12-11-13(15-8-14-12)19(2)18-17-11/h8-10H,3-7H2,1-2H3,(H,14,15,16). The Morgan fingerprint density at radius 2 is 2.26 bits per heavy atom. The molecule has 2 aromatic heterocycles. The van der Waals surface area contributed by atoms with E-state index in [9.17, 15) is 0 Å². The molecular weight excluding hydrogens is 240 g/mol. The Hall–Kier alpha value is -1.72. The summed E-state index contributed by atoms with van der Waals surface area (Å²) in [6.07, 6.45) is 7.95. The van der Waals surface area contributed by atoms with E-state index in [1.165, 1.54) is 32.1 Å². The van der Waals surface area contributed by atoms with Crippen molar-refractivity contribution in [2.24, 2.45) is 13.0 Å². The maximum Gasteiger partial charge on any atom is 0.183 e. The van der Waals surface area contributed by atoms with Gasteiger partial charge in [0, 0.05) is 13.1 Å². The van der Waals surface area contributed by atoms with Gasteiger partial charge in [-0.25, -0.2) is 14.6 Å². The maximum absolute atomic E-state index is 4.35. The van der Waals surface area contributed by atoms with Crippen molar-refractivity contribution < 1.29 is 0 Å². The average Bonchev–Trinajstić information content (AvgIpc) is 2.71. The second kappa shape index (κ2) is 5.11. The molecule has 0 radical (unpaired) electrons. The van der Waals surface area contributed by atoms with Crippen LogP contribution in [0, 0.1) is 5.92 Å². The lowest BCUT2D eigenvalue weighted by Crippen LogP contribution is -2.33. The first-order valence-corrected chi connectivity index (χ1v) is 7.06. The number of rotatable bonds is 5. The minimum Gasteiger partial charge on any atom is -0.365 e. The van der Waals surface area contributed by atoms with Gasteiger partial charge in [0.25, 0.3) is 0 Å². The summed E-state index contributed by atoms with van der Waals surface area (Å²) in [5.41, 5.74) is 1.55. The summed E-state index contributed by atoms with van der Waals surface area (Å²) in [6, 6.07) is 0.499. The highest BCUT2D eigenvalue weighted by Gasteiger charge is 2.27. The van der Waals surface area contributed by atoms with E-state index in [0.717, 1.165) is 22.9 Å². The van der Waals surface area contributed by atoms with Gasteiger partial charge < -0.3 is 5.32 Å². The molecule has 102 valence electrons. The van der Waals surface area contributed by atoms with E-state index in [1.54, 1.807) is 11.0 Å². The number of nitrogens with zero attached hydrogens (tertiary/aromatic N) is 5. The summed E-state index contributed by atoms with van der Waals surface area (Å²) in [5.74, 6) is 1.60. The lowest BCUT2D eigenvalue weighted by molar-refractivity contribution is 0.265. The quantitative estimate of drug-likeness (QED) is 0.892. The highest BCUT2D eigenvalue weighted by Crippen LogP contribution is 2.33. The molecule has 1 fully saturated rings. The smallest absolute Gasteiger partial charge is 0.183 e. The van der Waals surface area contributed by atoms with E-state index in [2.05, 4.69) is 32.5 Å². The first-order chi connectivity index (χ1) is 9.29. The Labute approximate surface area is 112 Å². The SMILES string of the molecule is CCCC(Nc1ncnc2c1nnn2C)C1CCC1. The third-order valence-electron chi connectivity index (χ3n) is 4.03. The van der Waals surface area contributed by atoms with Crippen LogP contribution in [0.15, 0.2) is 6.33 Å². The number of aromatic nitrogens is 5. The van der Waals surface area contributed by atoms with Crippen molar-refractivity contribution in [1.29, 1.82) is 0 Å². The number of nitrogens with one attached hydrogen (secondary N) is 1. The van der Waals surface area contributed by atoms with Gasteiger partial charge in [0.2, 0.25) is 0 Å². The molecule has 1 N–H and O–H groups in total. The molecule has 1 unspecified atom stereocenters. The predicted octanol–water partition coefficient (Wildman–Crippen LogP) is 2.14. The molecule has 0 aliphatic heterocycles. The number of aryl methyl sites for hydroxylation is 1. The lowest BCUT2D eigenvalue weighted by atomic mass is 9.78. The number of hydrogen-bond donors (Lipinski definition) is 1. The molecule has 6 heteroatoms. The molecule has 1 saturated carbocycles. The van der Waals surface area contributed by atoms with Crippen molar-refractivity contribution in [1.82, 2.24) is 25.0 Å². The molecule has 2 heterocycles. The Morgan fingerprint density at radius 3 is 2.95 bits per heavy atom. The zero-order valence-electron chi connectivity index (χ0n) is 11.5. The Balaban J connectivity index is 1.86. The highest BCUT2D eigenvalue weighted by molar-refractivity contribution is 5.81. The summed E-state index contributed by atoms with van der Waals surface area (Å²) < 4.78 is 1.68. The molecule has 3 rings (SSSR count). The molecule has 1 aliphatic rings. The van der Waals surface area contributed by atoms with Crippen LogP contribution >= 0.6 is 0 Å². The summed E-state index contributed by atoms with van der Waals surface area (Å²) in [7, 11) is 1.85. The monoisotopic (exact) mass is 260 g/mol. The normalized spacial score (nSPS) is 17.4. The Morgan fingerprint density at radius 1 is 1.42 bits per heavy atom. The van der Waals surface area contributed by atoms with Crippen molar-refractivity contribution in [2.45, 2.75) is 45.1 Å². The van der Waals surface area contributed by atoms with Gasteiger partial charge in [0.15, 0.2) is 17.0 Å². The Kier molecular flexibility index (Phi) is 3.31. The fourth-order valence-corrected chi connectivity index (χ4v) is 2.71. The van der Waals surface area contributed by atoms with Crippen LogP contribution in [0.2, 0.25) is 0 Å². The van der Waals surface area contributed by atoms with Crippen molar-refractivity contribution >= 4 is 17.0 Å². The van der Waals surface area contributed by atoms with Gasteiger partial charge in [-0.1, -0.05) is 25.0 Å². The largest absolute Gasteiger partial charge is 0.365 e. The van der Waals surface area contributed by atoms with Crippen LogP contribution in [0.4, 0.5) is 5.82 Å². The average molecular weight is 260 g/mol. The molecule has 0 aromatic carbocycles. The second-order valence-corrected chi connectivity index (χ2v) is 5.34. The van der Waals surface area contributed by atoms with Gasteiger partial charge in [0.1, 0.15) is 6.33 Å². The minimum atomic E-state index is 0.499. The molecule has 1 atom stereocenters. The van der Waals surface area contributed by atoms with Crippen molar-refractivity contribution in [3.05, 3.63) is 6.33 Å². The van der Waals surface area contributed by atoms with Crippen molar-refractivity contribution in [3.63, 3.8) is 0 Å². The van der Waals surface area contributed by atoms with Crippen LogP contribution < -0.4 is 5.32 Å². The molecule has 0 saturated heterocycles. The summed E-state index contributed by atoms with van der Waals surface area (Å²) in [6.45, 7) is 2.23. The lowest BCUT2D eigenvalue weighted by Gasteiger charge is -2.34. The van der Waals surface area contributed by atoms with Crippen LogP contribution in [-0.4, -0.2) is 31.0 Å². The third-order valence-corrected chi connectivity index (χ3v) is 4.03. The van der Waals surface area contributed by atoms with Gasteiger partial charge in [-0.3, -0.25) is 0 Å². The number of fused-ring (bicyclic) bond motifs is 1. The molecule has 1 aliphatic carbocycles. The molecule has 19 heavy (non-hydrogen) atoms. The van der Waals surface area contributed by atoms with Gasteiger partial charge >= 0.3 is 0 Å². The molecule has 0 bridgehead atoms. The third kappa shape index (κ3) is 2.27. The first kappa shape index (κ1) is 12.3. The molecule has 6 nitrogen and oxygen atoms in total. The zero-order chi connectivity index (χ0) is 13.2. The van der Waals surface area contributed by atoms with Crippen LogP contribution in [0.3, 0.4) is 0 Å². The van der Waals surface area contributed by atoms with E-state index in [-0.39, 0.29) is 0 Å². The molecular formula is C13H20N6. The fourth-order valence-electron chi connectivity index (χ4n) is 2.71. The molecule has 0 spiro atoms. The van der Waals surface area contributed by atoms with Crippen LogP contribution in [0.5, 0.6) is 0 Å². The second-order valence-electron chi connectivity index (χ2n) is 5.34. The van der Waals surface area contributed by atoms with Crippen molar-refractivity contribution in [3.8, 4) is 0 Å². The van der Waals surface area contributed by atoms with E-state index in [4.69, 9.17) is 0 Å². The number of hydrogen-bond acceptors (Lipinski definition) is 5. The van der Waals surface area contributed by atoms with Gasteiger partial charge in [0.05, 0.1) is 0 Å². The number of anilines is 1. The van der Waals surface area contributed by atoms with Gasteiger partial charge in [-0.15, -0.1) is 5.10 Å². The predicted molar refractivity (Wildman–Crippen MR) is 73.8 cm³/mol.